The van der Waals surface area contributed by atoms with Crippen molar-refractivity contribution in [3.05, 3.63) is 56.2 Å². The largest absolute Gasteiger partial charge is 0.348 e. The molecule has 2 N–H and O–H groups in total. The van der Waals surface area contributed by atoms with E-state index in [-0.39, 0.29) is 17.9 Å². The Balaban J connectivity index is 1.98. The summed E-state index contributed by atoms with van der Waals surface area (Å²) in [6.07, 6.45) is 0. The molecule has 2 rings (SSSR count). The number of hydrogen-bond donors (Lipinski definition) is 2. The van der Waals surface area contributed by atoms with E-state index in [1.165, 1.54) is 9.75 Å². The summed E-state index contributed by atoms with van der Waals surface area (Å²) in [6, 6.07) is 8.07. The summed E-state index contributed by atoms with van der Waals surface area (Å²) < 4.78 is 0. The predicted octanol–water partition coefficient (Wildman–Crippen LogP) is 4.01. The third-order valence-electron chi connectivity index (χ3n) is 3.76. The Morgan fingerprint density at radius 2 is 1.79 bits per heavy atom. The van der Waals surface area contributed by atoms with E-state index in [4.69, 9.17) is 11.6 Å². The smallest absolute Gasteiger partial charge is 0.253 e. The van der Waals surface area contributed by atoms with Crippen molar-refractivity contribution in [2.45, 2.75) is 39.8 Å². The molecule has 1 heterocycles. The third kappa shape index (κ3) is 4.36. The molecule has 6 heteroatoms. The first kappa shape index (κ1) is 18.5. The molecule has 0 fully saturated rings. The highest BCUT2D eigenvalue weighted by molar-refractivity contribution is 7.12. The third-order valence-corrected chi connectivity index (χ3v) is 5.08. The minimum atomic E-state index is -0.656. The summed E-state index contributed by atoms with van der Waals surface area (Å²) in [5, 5.41) is 5.98. The second kappa shape index (κ2) is 7.81. The number of amides is 2. The molecule has 1 aromatic heterocycles. The molecular formula is C18H21ClN2O2S. The predicted molar refractivity (Wildman–Crippen MR) is 98.7 cm³/mol. The van der Waals surface area contributed by atoms with Gasteiger partial charge in [0.2, 0.25) is 5.91 Å². The van der Waals surface area contributed by atoms with Crippen LogP contribution in [-0.2, 0) is 4.79 Å². The van der Waals surface area contributed by atoms with Crippen molar-refractivity contribution in [3.8, 4) is 0 Å². The van der Waals surface area contributed by atoms with E-state index >= 15 is 0 Å². The van der Waals surface area contributed by atoms with Gasteiger partial charge in [0.05, 0.1) is 16.6 Å². The average molecular weight is 365 g/mol. The maximum absolute atomic E-state index is 12.3. The summed E-state index contributed by atoms with van der Waals surface area (Å²) in [5.74, 6) is -0.593. The molecule has 0 aliphatic heterocycles. The quantitative estimate of drug-likeness (QED) is 0.842. The summed E-state index contributed by atoms with van der Waals surface area (Å²) in [4.78, 5) is 27.0. The fourth-order valence-electron chi connectivity index (χ4n) is 2.48. The van der Waals surface area contributed by atoms with Crippen LogP contribution in [0, 0.1) is 13.8 Å². The van der Waals surface area contributed by atoms with E-state index in [2.05, 4.69) is 16.7 Å². The highest BCUT2D eigenvalue weighted by Gasteiger charge is 2.21. The maximum Gasteiger partial charge on any atom is 0.253 e. The van der Waals surface area contributed by atoms with Gasteiger partial charge >= 0.3 is 0 Å². The second-order valence-electron chi connectivity index (χ2n) is 5.77. The minimum absolute atomic E-state index is 0.109. The van der Waals surface area contributed by atoms with Crippen LogP contribution in [0.15, 0.2) is 30.3 Å². The van der Waals surface area contributed by atoms with E-state index < -0.39 is 6.04 Å². The van der Waals surface area contributed by atoms with Crippen LogP contribution in [0.2, 0.25) is 5.02 Å². The number of halogens is 1. The summed E-state index contributed by atoms with van der Waals surface area (Å²) in [5.41, 5.74) is 1.46. The minimum Gasteiger partial charge on any atom is -0.348 e. The highest BCUT2D eigenvalue weighted by Crippen LogP contribution is 2.26. The van der Waals surface area contributed by atoms with Crippen LogP contribution < -0.4 is 10.6 Å². The average Bonchev–Trinajstić information content (AvgIpc) is 2.86. The number of hydrogen-bond acceptors (Lipinski definition) is 3. The zero-order valence-electron chi connectivity index (χ0n) is 14.1. The van der Waals surface area contributed by atoms with Crippen molar-refractivity contribution < 1.29 is 9.59 Å². The summed E-state index contributed by atoms with van der Waals surface area (Å²) in [7, 11) is 0. The molecule has 2 aromatic rings. The van der Waals surface area contributed by atoms with Crippen LogP contribution >= 0.6 is 22.9 Å². The van der Waals surface area contributed by atoms with Gasteiger partial charge in [-0.25, -0.2) is 0 Å². The standard InChI is InChI=1S/C18H21ClN2O2S/c1-10-9-15(13(4)24-10)11(2)20-17(22)12(3)21-18(23)14-7-5-6-8-16(14)19/h5-9,11-12H,1-4H3,(H,20,22)(H,21,23)/t11-,12-/m1/s1. The molecule has 0 unspecified atom stereocenters. The van der Waals surface area contributed by atoms with Gasteiger partial charge in [-0.3, -0.25) is 9.59 Å². The van der Waals surface area contributed by atoms with E-state index in [1.54, 1.807) is 42.5 Å². The number of nitrogens with one attached hydrogen (secondary N) is 2. The first-order valence-electron chi connectivity index (χ1n) is 7.72. The van der Waals surface area contributed by atoms with Gasteiger partial charge < -0.3 is 10.6 Å². The van der Waals surface area contributed by atoms with Crippen LogP contribution in [0.5, 0.6) is 0 Å². The van der Waals surface area contributed by atoms with E-state index in [0.29, 0.717) is 10.6 Å². The van der Waals surface area contributed by atoms with Crippen molar-refractivity contribution >= 4 is 34.8 Å². The van der Waals surface area contributed by atoms with E-state index in [9.17, 15) is 9.59 Å². The van der Waals surface area contributed by atoms with Gasteiger partial charge in [0.25, 0.3) is 5.91 Å². The van der Waals surface area contributed by atoms with Gasteiger partial charge in [-0.1, -0.05) is 23.7 Å². The number of benzene rings is 1. The molecule has 0 spiro atoms. The zero-order chi connectivity index (χ0) is 17.9. The second-order valence-corrected chi connectivity index (χ2v) is 7.64. The molecule has 0 bridgehead atoms. The molecule has 2 atom stereocenters. The van der Waals surface area contributed by atoms with Crippen molar-refractivity contribution in [3.63, 3.8) is 0 Å². The molecule has 0 saturated carbocycles. The number of carbonyl (C=O) groups excluding carboxylic acids is 2. The summed E-state index contributed by atoms with van der Waals surface area (Å²) in [6.45, 7) is 7.68. The van der Waals surface area contributed by atoms with Crippen LogP contribution in [0.1, 0.15) is 45.6 Å². The molecule has 0 aliphatic carbocycles. The van der Waals surface area contributed by atoms with Gasteiger partial charge in [-0.05, 0) is 51.5 Å². The highest BCUT2D eigenvalue weighted by atomic mass is 35.5. The van der Waals surface area contributed by atoms with Crippen molar-refractivity contribution in [2.24, 2.45) is 0 Å². The Labute approximate surface area is 151 Å². The molecular weight excluding hydrogens is 344 g/mol. The molecule has 24 heavy (non-hydrogen) atoms. The molecule has 0 aliphatic rings. The SMILES string of the molecule is Cc1cc([C@@H](C)NC(=O)[C@@H](C)NC(=O)c2ccccc2Cl)c(C)s1. The number of carbonyl (C=O) groups is 2. The van der Waals surface area contributed by atoms with Crippen molar-refractivity contribution in [2.75, 3.05) is 0 Å². The number of aryl methyl sites for hydroxylation is 2. The topological polar surface area (TPSA) is 58.2 Å². The van der Waals surface area contributed by atoms with Crippen molar-refractivity contribution in [1.29, 1.82) is 0 Å². The summed E-state index contributed by atoms with van der Waals surface area (Å²) >= 11 is 7.71. The Morgan fingerprint density at radius 3 is 2.38 bits per heavy atom. The maximum atomic E-state index is 12.3. The van der Waals surface area contributed by atoms with Gasteiger partial charge in [-0.15, -0.1) is 11.3 Å². The number of rotatable bonds is 5. The Morgan fingerprint density at radius 1 is 1.12 bits per heavy atom. The lowest BCUT2D eigenvalue weighted by Gasteiger charge is -2.19. The van der Waals surface area contributed by atoms with Gasteiger partial charge in [0.1, 0.15) is 6.04 Å². The molecule has 1 aromatic carbocycles. The fourth-order valence-corrected chi connectivity index (χ4v) is 3.73. The molecule has 0 saturated heterocycles. The lowest BCUT2D eigenvalue weighted by Crippen LogP contribution is -2.45. The van der Waals surface area contributed by atoms with Crippen LogP contribution in [0.3, 0.4) is 0 Å². The Kier molecular flexibility index (Phi) is 6.02. The van der Waals surface area contributed by atoms with Crippen LogP contribution in [0.4, 0.5) is 0 Å². The molecule has 128 valence electrons. The zero-order valence-corrected chi connectivity index (χ0v) is 15.7. The first-order chi connectivity index (χ1) is 11.3. The van der Waals surface area contributed by atoms with E-state index in [1.807, 2.05) is 20.8 Å². The van der Waals surface area contributed by atoms with E-state index in [0.717, 1.165) is 5.56 Å². The van der Waals surface area contributed by atoms with Crippen molar-refractivity contribution in [1.82, 2.24) is 10.6 Å². The van der Waals surface area contributed by atoms with Crippen LogP contribution in [0.25, 0.3) is 0 Å². The van der Waals surface area contributed by atoms with Gasteiger partial charge in [-0.2, -0.15) is 0 Å². The molecule has 4 nitrogen and oxygen atoms in total. The first-order valence-corrected chi connectivity index (χ1v) is 8.91. The van der Waals surface area contributed by atoms with Crippen LogP contribution in [-0.4, -0.2) is 17.9 Å². The monoisotopic (exact) mass is 364 g/mol. The number of thiophene rings is 1. The lowest BCUT2D eigenvalue weighted by molar-refractivity contribution is -0.123. The molecule has 0 radical (unpaired) electrons. The van der Waals surface area contributed by atoms with Gasteiger partial charge in [0, 0.05) is 9.75 Å². The fraction of sp³-hybridized carbons (Fsp3) is 0.333. The lowest BCUT2D eigenvalue weighted by atomic mass is 10.1. The Hall–Kier alpha value is -1.85. The molecule has 2 amide bonds. The Bertz CT molecular complexity index is 757. The normalized spacial score (nSPS) is 13.2. The van der Waals surface area contributed by atoms with Gasteiger partial charge in [0.15, 0.2) is 0 Å².